The zero-order chi connectivity index (χ0) is 20.5. The Morgan fingerprint density at radius 1 is 0.964 bits per heavy atom. The first kappa shape index (κ1) is 22.0. The summed E-state index contributed by atoms with van der Waals surface area (Å²) in [5.41, 5.74) is -0.260. The summed E-state index contributed by atoms with van der Waals surface area (Å²) in [6, 6.07) is -0.576. The number of amides is 1. The fourth-order valence-corrected chi connectivity index (χ4v) is 5.97. The van der Waals surface area contributed by atoms with Crippen LogP contribution >= 0.6 is 0 Å². The fourth-order valence-electron chi connectivity index (χ4n) is 5.97. The lowest BCUT2D eigenvalue weighted by Crippen LogP contribution is -2.57. The van der Waals surface area contributed by atoms with Gasteiger partial charge in [0.05, 0.1) is 6.04 Å². The predicted octanol–water partition coefficient (Wildman–Crippen LogP) is 5.20. The average molecular weight is 399 g/mol. The molecule has 1 spiro atoms. The molecule has 3 fully saturated rings. The van der Waals surface area contributed by atoms with Crippen molar-refractivity contribution in [3.05, 3.63) is 0 Å². The molecule has 3 rings (SSSR count). The lowest BCUT2D eigenvalue weighted by molar-refractivity contribution is -0.159. The maximum atomic E-state index is 15.3. The molecule has 1 atom stereocenters. The van der Waals surface area contributed by atoms with Crippen LogP contribution in [0.25, 0.3) is 0 Å². The molecule has 3 nitrogen and oxygen atoms in total. The third-order valence-corrected chi connectivity index (χ3v) is 7.57. The van der Waals surface area contributed by atoms with Crippen LogP contribution in [0.1, 0.15) is 79.1 Å². The smallest absolute Gasteiger partial charge is 0.263 e. The molecule has 28 heavy (non-hydrogen) atoms. The Bertz CT molecular complexity index is 533. The second-order valence-electron chi connectivity index (χ2n) is 10.6. The van der Waals surface area contributed by atoms with E-state index in [1.54, 1.807) is 0 Å². The maximum Gasteiger partial charge on any atom is 0.263 e. The van der Waals surface area contributed by atoms with E-state index in [0.717, 1.165) is 45.2 Å². The predicted molar refractivity (Wildman–Crippen MR) is 109 cm³/mol. The van der Waals surface area contributed by atoms with Crippen molar-refractivity contribution in [3.8, 4) is 0 Å². The summed E-state index contributed by atoms with van der Waals surface area (Å²) in [7, 11) is 0. The summed E-state index contributed by atoms with van der Waals surface area (Å²) < 4.78 is 30.5. The molecule has 1 unspecified atom stereocenters. The largest absolute Gasteiger partial charge is 0.342 e. The van der Waals surface area contributed by atoms with Gasteiger partial charge in [-0.25, -0.2) is 8.78 Å². The van der Waals surface area contributed by atoms with Crippen LogP contribution in [-0.4, -0.2) is 53.9 Å². The van der Waals surface area contributed by atoms with Gasteiger partial charge in [0, 0.05) is 25.4 Å². The van der Waals surface area contributed by atoms with Gasteiger partial charge in [0.25, 0.3) is 5.92 Å². The molecule has 1 saturated carbocycles. The summed E-state index contributed by atoms with van der Waals surface area (Å²) in [5, 5.41) is 0. The standard InChI is InChI=1S/C23H40F2N2O/c1-17(2)15-19-6-11-26(12-7-19)20-5-8-22(16-23(20,24)25)9-13-27(14-10-22)21(28)18(3)4/h17-20H,5-16H2,1-4H3. The van der Waals surface area contributed by atoms with Gasteiger partial charge >= 0.3 is 0 Å². The van der Waals surface area contributed by atoms with Crippen LogP contribution in [0.3, 0.4) is 0 Å². The fraction of sp³-hybridized carbons (Fsp3) is 0.957. The average Bonchev–Trinajstić information content (AvgIpc) is 2.61. The van der Waals surface area contributed by atoms with Gasteiger partial charge in [-0.05, 0) is 75.3 Å². The Morgan fingerprint density at radius 3 is 2.07 bits per heavy atom. The molecule has 2 saturated heterocycles. The molecule has 0 aromatic heterocycles. The summed E-state index contributed by atoms with van der Waals surface area (Å²) in [5.74, 6) is -1.04. The normalized spacial score (nSPS) is 29.0. The zero-order valence-corrected chi connectivity index (χ0v) is 18.4. The van der Waals surface area contributed by atoms with Crippen LogP contribution in [-0.2, 0) is 4.79 Å². The third-order valence-electron chi connectivity index (χ3n) is 7.57. The highest BCUT2D eigenvalue weighted by Crippen LogP contribution is 2.52. The van der Waals surface area contributed by atoms with Crippen LogP contribution in [0.5, 0.6) is 0 Å². The van der Waals surface area contributed by atoms with Crippen molar-refractivity contribution >= 4 is 5.91 Å². The summed E-state index contributed by atoms with van der Waals surface area (Å²) in [4.78, 5) is 16.2. The van der Waals surface area contributed by atoms with Gasteiger partial charge in [0.1, 0.15) is 0 Å². The molecule has 0 aromatic carbocycles. The van der Waals surface area contributed by atoms with Crippen molar-refractivity contribution in [3.63, 3.8) is 0 Å². The monoisotopic (exact) mass is 398 g/mol. The second kappa shape index (κ2) is 8.57. The van der Waals surface area contributed by atoms with E-state index in [0.29, 0.717) is 31.3 Å². The summed E-state index contributed by atoms with van der Waals surface area (Å²) in [6.07, 6.45) is 6.37. The molecule has 2 heterocycles. The molecule has 1 aliphatic carbocycles. The van der Waals surface area contributed by atoms with Gasteiger partial charge < -0.3 is 4.90 Å². The number of alkyl halides is 2. The summed E-state index contributed by atoms with van der Waals surface area (Å²) in [6.45, 7) is 11.3. The molecule has 0 radical (unpaired) electrons. The number of hydrogen-bond acceptors (Lipinski definition) is 2. The SMILES string of the molecule is CC(C)CC1CCN(C2CCC3(CCN(C(=O)C(C)C)CC3)CC2(F)F)CC1. The molecule has 3 aliphatic rings. The molecule has 0 bridgehead atoms. The van der Waals surface area contributed by atoms with E-state index in [9.17, 15) is 4.79 Å². The van der Waals surface area contributed by atoms with E-state index in [-0.39, 0.29) is 23.7 Å². The first-order chi connectivity index (χ1) is 13.1. The lowest BCUT2D eigenvalue weighted by atomic mass is 9.65. The minimum absolute atomic E-state index is 0.00940. The van der Waals surface area contributed by atoms with E-state index >= 15 is 8.78 Å². The van der Waals surface area contributed by atoms with Gasteiger partial charge in [0.2, 0.25) is 5.91 Å². The van der Waals surface area contributed by atoms with Crippen molar-refractivity contribution in [2.75, 3.05) is 26.2 Å². The molecular weight excluding hydrogens is 358 g/mol. The number of nitrogens with zero attached hydrogens (tertiary/aromatic N) is 2. The van der Waals surface area contributed by atoms with Crippen LogP contribution in [0.2, 0.25) is 0 Å². The van der Waals surface area contributed by atoms with Crippen LogP contribution in [0.4, 0.5) is 8.78 Å². The molecule has 1 amide bonds. The first-order valence-corrected chi connectivity index (χ1v) is 11.5. The number of hydrogen-bond donors (Lipinski definition) is 0. The molecule has 5 heteroatoms. The van der Waals surface area contributed by atoms with Crippen LogP contribution in [0.15, 0.2) is 0 Å². The van der Waals surface area contributed by atoms with Gasteiger partial charge in [-0.1, -0.05) is 27.7 Å². The molecule has 2 aliphatic heterocycles. The van der Waals surface area contributed by atoms with Gasteiger partial charge in [-0.2, -0.15) is 0 Å². The zero-order valence-electron chi connectivity index (χ0n) is 18.4. The summed E-state index contributed by atoms with van der Waals surface area (Å²) >= 11 is 0. The quantitative estimate of drug-likeness (QED) is 0.650. The Balaban J connectivity index is 1.55. The van der Waals surface area contributed by atoms with Crippen molar-refractivity contribution in [2.45, 2.75) is 91.0 Å². The number of carbonyl (C=O) groups excluding carboxylic acids is 1. The van der Waals surface area contributed by atoms with Crippen LogP contribution in [0, 0.1) is 23.2 Å². The van der Waals surface area contributed by atoms with E-state index in [4.69, 9.17) is 0 Å². The van der Waals surface area contributed by atoms with Crippen molar-refractivity contribution < 1.29 is 13.6 Å². The Labute approximate surface area is 170 Å². The topological polar surface area (TPSA) is 23.6 Å². The van der Waals surface area contributed by atoms with Crippen molar-refractivity contribution in [2.24, 2.45) is 23.2 Å². The first-order valence-electron chi connectivity index (χ1n) is 11.5. The van der Waals surface area contributed by atoms with E-state index in [1.807, 2.05) is 18.7 Å². The lowest BCUT2D eigenvalue weighted by Gasteiger charge is -2.52. The van der Waals surface area contributed by atoms with E-state index in [2.05, 4.69) is 18.7 Å². The highest BCUT2D eigenvalue weighted by molar-refractivity contribution is 5.78. The van der Waals surface area contributed by atoms with Gasteiger partial charge in [0.15, 0.2) is 0 Å². The number of carbonyl (C=O) groups is 1. The third kappa shape index (κ3) is 4.88. The number of piperidine rings is 2. The van der Waals surface area contributed by atoms with Crippen molar-refractivity contribution in [1.82, 2.24) is 9.80 Å². The Hall–Kier alpha value is -0.710. The molecule has 162 valence electrons. The number of likely N-dealkylation sites (tertiary alicyclic amines) is 2. The van der Waals surface area contributed by atoms with Gasteiger partial charge in [-0.15, -0.1) is 0 Å². The molecular formula is C23H40F2N2O. The van der Waals surface area contributed by atoms with Gasteiger partial charge in [-0.3, -0.25) is 9.69 Å². The maximum absolute atomic E-state index is 15.3. The van der Waals surface area contributed by atoms with E-state index in [1.165, 1.54) is 6.42 Å². The Kier molecular flexibility index (Phi) is 6.73. The minimum atomic E-state index is -2.60. The Morgan fingerprint density at radius 2 is 1.57 bits per heavy atom. The molecule has 0 N–H and O–H groups in total. The number of halogens is 2. The highest BCUT2D eigenvalue weighted by Gasteiger charge is 2.54. The molecule has 0 aromatic rings. The highest BCUT2D eigenvalue weighted by atomic mass is 19.3. The van der Waals surface area contributed by atoms with E-state index < -0.39 is 12.0 Å². The minimum Gasteiger partial charge on any atom is -0.342 e. The van der Waals surface area contributed by atoms with Crippen molar-refractivity contribution in [1.29, 1.82) is 0 Å². The second-order valence-corrected chi connectivity index (χ2v) is 10.6. The number of rotatable bonds is 4. The van der Waals surface area contributed by atoms with Crippen LogP contribution < -0.4 is 0 Å².